The molecule has 2 bridgehead atoms. The number of hydrogen-bond acceptors (Lipinski definition) is 7. The summed E-state index contributed by atoms with van der Waals surface area (Å²) in [5.41, 5.74) is 1.51. The van der Waals surface area contributed by atoms with Crippen molar-refractivity contribution in [3.63, 3.8) is 0 Å². The van der Waals surface area contributed by atoms with Crippen LogP contribution in [0.1, 0.15) is 24.2 Å². The first-order valence-electron chi connectivity index (χ1n) is 8.67. The lowest BCUT2D eigenvalue weighted by atomic mass is 10.3. The summed E-state index contributed by atoms with van der Waals surface area (Å²) < 4.78 is 21.8. The molecule has 0 N–H and O–H groups in total. The van der Waals surface area contributed by atoms with Gasteiger partial charge in [0.1, 0.15) is 5.75 Å². The standard InChI is InChI=1S/C18H27N3O4/c1-22-18-12-16-14-19-4-2-6-23-8-10-25-11-9-24-7-3-5-20-15-17(13-18)21-16/h12-15H,2-11H2,1H3. The highest BCUT2D eigenvalue weighted by Gasteiger charge is 2.00. The molecule has 2 rings (SSSR count). The second-order valence-electron chi connectivity index (χ2n) is 5.47. The van der Waals surface area contributed by atoms with Crippen molar-refractivity contribution < 1.29 is 18.9 Å². The zero-order valence-corrected chi connectivity index (χ0v) is 14.9. The lowest BCUT2D eigenvalue weighted by molar-refractivity contribution is 0.0143. The van der Waals surface area contributed by atoms with Gasteiger partial charge < -0.3 is 18.9 Å². The van der Waals surface area contributed by atoms with Crippen molar-refractivity contribution in [1.82, 2.24) is 4.98 Å². The predicted octanol–water partition coefficient (Wildman–Crippen LogP) is 1.77. The molecule has 0 atom stereocenters. The SMILES string of the molecule is COc1cc2nc(c1)C=NCCCOCCOCCOCCCN=C2. The number of ether oxygens (including phenoxy) is 4. The van der Waals surface area contributed by atoms with Crippen molar-refractivity contribution in [2.45, 2.75) is 12.8 Å². The molecule has 0 aliphatic carbocycles. The first-order valence-corrected chi connectivity index (χ1v) is 8.67. The molecule has 7 heteroatoms. The van der Waals surface area contributed by atoms with Crippen molar-refractivity contribution in [3.05, 3.63) is 23.5 Å². The van der Waals surface area contributed by atoms with Crippen molar-refractivity contribution >= 4 is 12.4 Å². The van der Waals surface area contributed by atoms with Crippen molar-refractivity contribution in [2.75, 3.05) is 59.8 Å². The molecule has 0 saturated heterocycles. The molecule has 0 spiro atoms. The second kappa shape index (κ2) is 12.5. The fraction of sp³-hybridized carbons (Fsp3) is 0.611. The lowest BCUT2D eigenvalue weighted by Crippen LogP contribution is -2.10. The minimum Gasteiger partial charge on any atom is -0.497 e. The second-order valence-corrected chi connectivity index (χ2v) is 5.47. The van der Waals surface area contributed by atoms with Gasteiger partial charge in [0.2, 0.25) is 0 Å². The highest BCUT2D eigenvalue weighted by Crippen LogP contribution is 2.12. The maximum atomic E-state index is 5.50. The van der Waals surface area contributed by atoms with Gasteiger partial charge in [-0.2, -0.15) is 0 Å². The third kappa shape index (κ3) is 8.72. The van der Waals surface area contributed by atoms with Crippen LogP contribution in [0.3, 0.4) is 0 Å². The largest absolute Gasteiger partial charge is 0.497 e. The van der Waals surface area contributed by atoms with E-state index in [1.807, 2.05) is 12.1 Å². The fourth-order valence-corrected chi connectivity index (χ4v) is 2.17. The molecule has 1 aromatic heterocycles. The van der Waals surface area contributed by atoms with Gasteiger partial charge in [0.05, 0.1) is 44.9 Å². The molecule has 25 heavy (non-hydrogen) atoms. The predicted molar refractivity (Wildman–Crippen MR) is 97.4 cm³/mol. The van der Waals surface area contributed by atoms with Gasteiger partial charge >= 0.3 is 0 Å². The molecule has 2 heterocycles. The van der Waals surface area contributed by atoms with E-state index >= 15 is 0 Å². The summed E-state index contributed by atoms with van der Waals surface area (Å²) in [5, 5.41) is 0. The number of aliphatic imine (C=N–C) groups is 2. The van der Waals surface area contributed by atoms with E-state index in [2.05, 4.69) is 15.0 Å². The van der Waals surface area contributed by atoms with Crippen LogP contribution in [0.15, 0.2) is 22.1 Å². The normalized spacial score (nSPS) is 18.6. The summed E-state index contributed by atoms with van der Waals surface area (Å²) in [6, 6.07) is 3.71. The molecule has 0 saturated carbocycles. The average molecular weight is 349 g/mol. The zero-order chi connectivity index (χ0) is 17.6. The van der Waals surface area contributed by atoms with Gasteiger partial charge in [0.25, 0.3) is 0 Å². The van der Waals surface area contributed by atoms with Gasteiger partial charge in [0.15, 0.2) is 0 Å². The third-order valence-electron chi connectivity index (χ3n) is 3.42. The molecule has 0 unspecified atom stereocenters. The first-order chi connectivity index (χ1) is 12.4. The van der Waals surface area contributed by atoms with Crippen molar-refractivity contribution in [3.8, 4) is 5.75 Å². The Labute approximate surface area is 149 Å². The Morgan fingerprint density at radius 3 is 1.72 bits per heavy atom. The van der Waals surface area contributed by atoms with Gasteiger partial charge in [-0.1, -0.05) is 0 Å². The maximum absolute atomic E-state index is 5.50. The maximum Gasteiger partial charge on any atom is 0.123 e. The minimum atomic E-state index is 0.591. The fourth-order valence-electron chi connectivity index (χ4n) is 2.17. The van der Waals surface area contributed by atoms with Crippen LogP contribution in [0.2, 0.25) is 0 Å². The summed E-state index contributed by atoms with van der Waals surface area (Å²) >= 11 is 0. The van der Waals surface area contributed by atoms with Crippen LogP contribution in [0.25, 0.3) is 0 Å². The highest BCUT2D eigenvalue weighted by atomic mass is 16.5. The van der Waals surface area contributed by atoms with Crippen LogP contribution in [0, 0.1) is 0 Å². The topological polar surface area (TPSA) is 74.5 Å². The molecule has 1 aliphatic rings. The number of pyridine rings is 1. The number of hydrogen-bond donors (Lipinski definition) is 0. The molecule has 7 nitrogen and oxygen atoms in total. The summed E-state index contributed by atoms with van der Waals surface area (Å²) in [6.07, 6.45) is 5.24. The van der Waals surface area contributed by atoms with Gasteiger partial charge in [-0.05, 0) is 12.8 Å². The average Bonchev–Trinajstić information content (AvgIpc) is 2.63. The summed E-state index contributed by atoms with van der Waals surface area (Å²) in [4.78, 5) is 13.3. The van der Waals surface area contributed by atoms with E-state index < -0.39 is 0 Å². The molecule has 1 aromatic rings. The van der Waals surface area contributed by atoms with Crippen LogP contribution < -0.4 is 4.74 Å². The van der Waals surface area contributed by atoms with Crippen LogP contribution >= 0.6 is 0 Å². The first kappa shape index (κ1) is 19.5. The smallest absolute Gasteiger partial charge is 0.123 e. The molecular weight excluding hydrogens is 322 g/mol. The minimum absolute atomic E-state index is 0.591. The number of nitrogens with zero attached hydrogens (tertiary/aromatic N) is 3. The number of methoxy groups -OCH3 is 1. The van der Waals surface area contributed by atoms with E-state index in [-0.39, 0.29) is 0 Å². The Kier molecular flexibility index (Phi) is 9.76. The van der Waals surface area contributed by atoms with E-state index in [9.17, 15) is 0 Å². The van der Waals surface area contributed by atoms with Crippen LogP contribution in [0.4, 0.5) is 0 Å². The molecule has 0 aromatic carbocycles. The van der Waals surface area contributed by atoms with Gasteiger partial charge in [-0.15, -0.1) is 0 Å². The molecule has 138 valence electrons. The van der Waals surface area contributed by atoms with E-state index in [4.69, 9.17) is 18.9 Å². The molecule has 0 amide bonds. The van der Waals surface area contributed by atoms with E-state index in [1.54, 1.807) is 19.5 Å². The molecule has 1 aliphatic heterocycles. The molecule has 0 radical (unpaired) electrons. The Morgan fingerprint density at radius 1 is 0.760 bits per heavy atom. The van der Waals surface area contributed by atoms with Crippen molar-refractivity contribution in [1.29, 1.82) is 0 Å². The lowest BCUT2D eigenvalue weighted by Gasteiger charge is -2.06. The van der Waals surface area contributed by atoms with E-state index in [0.717, 1.165) is 30.0 Å². The number of fused-ring (bicyclic) bond motifs is 2. The third-order valence-corrected chi connectivity index (χ3v) is 3.42. The summed E-state index contributed by atoms with van der Waals surface area (Å²) in [7, 11) is 1.64. The quantitative estimate of drug-likeness (QED) is 0.772. The Bertz CT molecular complexity index is 507. The Balaban J connectivity index is 1.96. The Hall–Kier alpha value is -1.83. The van der Waals surface area contributed by atoms with Crippen LogP contribution in [-0.2, 0) is 14.2 Å². The highest BCUT2D eigenvalue weighted by molar-refractivity contribution is 5.82. The van der Waals surface area contributed by atoms with Crippen LogP contribution in [0.5, 0.6) is 5.75 Å². The van der Waals surface area contributed by atoms with Crippen molar-refractivity contribution in [2.24, 2.45) is 9.98 Å². The van der Waals surface area contributed by atoms with E-state index in [1.165, 1.54) is 0 Å². The van der Waals surface area contributed by atoms with Gasteiger partial charge in [-0.3, -0.25) is 9.98 Å². The monoisotopic (exact) mass is 349 g/mol. The number of aromatic nitrogens is 1. The van der Waals surface area contributed by atoms with Gasteiger partial charge in [-0.25, -0.2) is 4.98 Å². The summed E-state index contributed by atoms with van der Waals surface area (Å²) in [5.74, 6) is 0.742. The zero-order valence-electron chi connectivity index (χ0n) is 14.9. The molecule has 0 fully saturated rings. The molecular formula is C18H27N3O4. The van der Waals surface area contributed by atoms with E-state index in [0.29, 0.717) is 52.7 Å². The van der Waals surface area contributed by atoms with Crippen LogP contribution in [-0.4, -0.2) is 77.3 Å². The number of rotatable bonds is 1. The van der Waals surface area contributed by atoms with Gasteiger partial charge in [0, 0.05) is 50.9 Å². The summed E-state index contributed by atoms with van der Waals surface area (Å²) in [6.45, 7) is 5.09. The Morgan fingerprint density at radius 2 is 1.24 bits per heavy atom.